The van der Waals surface area contributed by atoms with Crippen LogP contribution in [-0.2, 0) is 4.79 Å². The summed E-state index contributed by atoms with van der Waals surface area (Å²) in [5.41, 5.74) is 7.53. The van der Waals surface area contributed by atoms with Crippen LogP contribution in [0.1, 0.15) is 25.8 Å². The first-order valence-corrected chi connectivity index (χ1v) is 6.67. The van der Waals surface area contributed by atoms with Gasteiger partial charge in [0.25, 0.3) is 0 Å². The van der Waals surface area contributed by atoms with Crippen molar-refractivity contribution in [2.45, 2.75) is 33.2 Å². The van der Waals surface area contributed by atoms with Crippen LogP contribution in [0.2, 0.25) is 0 Å². The van der Waals surface area contributed by atoms with Gasteiger partial charge in [0.15, 0.2) is 11.5 Å². The highest BCUT2D eigenvalue weighted by molar-refractivity contribution is 5.92. The normalized spacial score (nSPS) is 12.2. The highest BCUT2D eigenvalue weighted by Gasteiger charge is 2.15. The van der Waals surface area contributed by atoms with E-state index in [9.17, 15) is 4.79 Å². The van der Waals surface area contributed by atoms with Crippen LogP contribution in [0.5, 0.6) is 11.5 Å². The van der Waals surface area contributed by atoms with Crippen molar-refractivity contribution in [3.8, 4) is 11.5 Å². The third-order valence-electron chi connectivity index (χ3n) is 3.28. The summed E-state index contributed by atoms with van der Waals surface area (Å²) in [5, 5.41) is 2.87. The highest BCUT2D eigenvalue weighted by atomic mass is 16.5. The zero-order chi connectivity index (χ0) is 15.3. The average molecular weight is 280 g/mol. The van der Waals surface area contributed by atoms with E-state index in [2.05, 4.69) is 5.32 Å². The van der Waals surface area contributed by atoms with Crippen molar-refractivity contribution in [1.82, 2.24) is 0 Å². The van der Waals surface area contributed by atoms with E-state index in [0.29, 0.717) is 23.6 Å². The van der Waals surface area contributed by atoms with E-state index < -0.39 is 0 Å². The molecule has 112 valence electrons. The van der Waals surface area contributed by atoms with Gasteiger partial charge in [-0.05, 0) is 24.5 Å². The first-order valence-electron chi connectivity index (χ1n) is 6.67. The molecule has 1 amide bonds. The van der Waals surface area contributed by atoms with Gasteiger partial charge < -0.3 is 20.5 Å². The summed E-state index contributed by atoms with van der Waals surface area (Å²) in [6.07, 6.45) is 0.297. The lowest BCUT2D eigenvalue weighted by Crippen LogP contribution is -2.31. The van der Waals surface area contributed by atoms with Crippen LogP contribution in [0.4, 0.5) is 5.69 Å². The van der Waals surface area contributed by atoms with Gasteiger partial charge in [-0.25, -0.2) is 0 Å². The van der Waals surface area contributed by atoms with Crippen molar-refractivity contribution in [3.05, 3.63) is 17.7 Å². The van der Waals surface area contributed by atoms with Gasteiger partial charge in [-0.1, -0.05) is 13.8 Å². The molecule has 0 aliphatic heterocycles. The van der Waals surface area contributed by atoms with E-state index in [1.54, 1.807) is 20.3 Å². The second-order valence-electron chi connectivity index (χ2n) is 5.18. The van der Waals surface area contributed by atoms with Gasteiger partial charge in [0.2, 0.25) is 5.91 Å². The predicted molar refractivity (Wildman–Crippen MR) is 80.3 cm³/mol. The second kappa shape index (κ2) is 7.14. The first kappa shape index (κ1) is 16.3. The number of ether oxygens (including phenoxy) is 2. The number of methoxy groups -OCH3 is 2. The van der Waals surface area contributed by atoms with Gasteiger partial charge in [-0.15, -0.1) is 0 Å². The minimum atomic E-state index is -0.143. The molecule has 1 rings (SSSR count). The number of carbonyl (C=O) groups excluding carboxylic acids is 1. The SMILES string of the molecule is COc1cc(C)c(NC(=O)CC(N)C(C)C)cc1OC. The summed E-state index contributed by atoms with van der Waals surface area (Å²) >= 11 is 0. The molecule has 0 bridgehead atoms. The maximum absolute atomic E-state index is 12.0. The summed E-state index contributed by atoms with van der Waals surface area (Å²) < 4.78 is 10.4. The lowest BCUT2D eigenvalue weighted by atomic mass is 10.0. The largest absolute Gasteiger partial charge is 0.493 e. The molecule has 1 unspecified atom stereocenters. The number of amides is 1. The summed E-state index contributed by atoms with van der Waals surface area (Å²) in [7, 11) is 3.14. The molecule has 0 radical (unpaired) electrons. The Kier molecular flexibility index (Phi) is 5.82. The van der Waals surface area contributed by atoms with Gasteiger partial charge in [-0.3, -0.25) is 4.79 Å². The second-order valence-corrected chi connectivity index (χ2v) is 5.18. The number of anilines is 1. The average Bonchev–Trinajstić information content (AvgIpc) is 2.40. The maximum atomic E-state index is 12.0. The zero-order valence-electron chi connectivity index (χ0n) is 12.8. The van der Waals surface area contributed by atoms with E-state index in [-0.39, 0.29) is 17.9 Å². The monoisotopic (exact) mass is 280 g/mol. The molecule has 1 aromatic carbocycles. The van der Waals surface area contributed by atoms with Gasteiger partial charge in [0.05, 0.1) is 14.2 Å². The van der Waals surface area contributed by atoms with Crippen LogP contribution >= 0.6 is 0 Å². The molecule has 1 atom stereocenters. The standard InChI is InChI=1S/C15H24N2O3/c1-9(2)11(16)7-15(18)17-12-8-14(20-5)13(19-4)6-10(12)3/h6,8-9,11H,7,16H2,1-5H3,(H,17,18). The molecule has 0 saturated carbocycles. The summed E-state index contributed by atoms with van der Waals surface area (Å²) in [5.74, 6) is 1.40. The number of aryl methyl sites for hydroxylation is 1. The van der Waals surface area contributed by atoms with Crippen molar-refractivity contribution >= 4 is 11.6 Å². The Morgan fingerprint density at radius 2 is 1.80 bits per heavy atom. The fourth-order valence-corrected chi connectivity index (χ4v) is 1.77. The van der Waals surface area contributed by atoms with Crippen molar-refractivity contribution in [2.75, 3.05) is 19.5 Å². The summed E-state index contributed by atoms with van der Waals surface area (Å²) in [6, 6.07) is 3.44. The molecule has 1 aromatic rings. The minimum absolute atomic E-state index is 0.0958. The Bertz CT molecular complexity index is 472. The van der Waals surface area contributed by atoms with Gasteiger partial charge >= 0.3 is 0 Å². The summed E-state index contributed by atoms with van der Waals surface area (Å²) in [4.78, 5) is 12.0. The molecule has 0 aliphatic carbocycles. The van der Waals surface area contributed by atoms with E-state index in [0.717, 1.165) is 5.56 Å². The molecule has 3 N–H and O–H groups in total. The molecule has 5 heteroatoms. The number of hydrogen-bond donors (Lipinski definition) is 2. The van der Waals surface area contributed by atoms with E-state index in [1.807, 2.05) is 26.8 Å². The quantitative estimate of drug-likeness (QED) is 0.838. The molecule has 0 aromatic heterocycles. The fraction of sp³-hybridized carbons (Fsp3) is 0.533. The van der Waals surface area contributed by atoms with Crippen molar-refractivity contribution in [3.63, 3.8) is 0 Å². The summed E-state index contributed by atoms with van der Waals surface area (Å²) in [6.45, 7) is 5.90. The Morgan fingerprint density at radius 3 is 2.30 bits per heavy atom. The first-order chi connectivity index (χ1) is 9.38. The molecule has 0 fully saturated rings. The number of rotatable bonds is 6. The predicted octanol–water partition coefficient (Wildman–Crippen LogP) is 2.32. The van der Waals surface area contributed by atoms with Crippen molar-refractivity contribution < 1.29 is 14.3 Å². The minimum Gasteiger partial charge on any atom is -0.493 e. The van der Waals surface area contributed by atoms with Crippen LogP contribution in [0.15, 0.2) is 12.1 Å². The molecule has 5 nitrogen and oxygen atoms in total. The molecule has 0 saturated heterocycles. The van der Waals surface area contributed by atoms with Gasteiger partial charge in [0.1, 0.15) is 0 Å². The van der Waals surface area contributed by atoms with Crippen LogP contribution in [0.3, 0.4) is 0 Å². The van der Waals surface area contributed by atoms with Crippen LogP contribution in [-0.4, -0.2) is 26.2 Å². The Hall–Kier alpha value is -1.75. The number of hydrogen-bond acceptors (Lipinski definition) is 4. The van der Waals surface area contributed by atoms with E-state index >= 15 is 0 Å². The van der Waals surface area contributed by atoms with Crippen LogP contribution in [0.25, 0.3) is 0 Å². The van der Waals surface area contributed by atoms with Crippen LogP contribution in [0, 0.1) is 12.8 Å². The van der Waals surface area contributed by atoms with Gasteiger partial charge in [0, 0.05) is 24.2 Å². The highest BCUT2D eigenvalue weighted by Crippen LogP contribution is 2.32. The smallest absolute Gasteiger partial charge is 0.225 e. The number of nitrogens with one attached hydrogen (secondary N) is 1. The van der Waals surface area contributed by atoms with Crippen molar-refractivity contribution in [1.29, 1.82) is 0 Å². The molecule has 20 heavy (non-hydrogen) atoms. The number of benzene rings is 1. The molecular weight excluding hydrogens is 256 g/mol. The fourth-order valence-electron chi connectivity index (χ4n) is 1.77. The van der Waals surface area contributed by atoms with Crippen LogP contribution < -0.4 is 20.5 Å². The third-order valence-corrected chi connectivity index (χ3v) is 3.28. The Balaban J connectivity index is 2.84. The van der Waals surface area contributed by atoms with E-state index in [1.165, 1.54) is 0 Å². The maximum Gasteiger partial charge on any atom is 0.225 e. The number of carbonyl (C=O) groups is 1. The molecule has 0 heterocycles. The third kappa shape index (κ3) is 4.13. The zero-order valence-corrected chi connectivity index (χ0v) is 12.8. The lowest BCUT2D eigenvalue weighted by molar-refractivity contribution is -0.116. The Labute approximate surface area is 120 Å². The topological polar surface area (TPSA) is 73.6 Å². The Morgan fingerprint density at radius 1 is 1.25 bits per heavy atom. The van der Waals surface area contributed by atoms with E-state index in [4.69, 9.17) is 15.2 Å². The van der Waals surface area contributed by atoms with Gasteiger partial charge in [-0.2, -0.15) is 0 Å². The number of nitrogens with two attached hydrogens (primary N) is 1. The molecular formula is C15H24N2O3. The van der Waals surface area contributed by atoms with Crippen molar-refractivity contribution in [2.24, 2.45) is 11.7 Å². The lowest BCUT2D eigenvalue weighted by Gasteiger charge is -2.17. The molecule has 0 aliphatic rings. The molecule has 0 spiro atoms.